The third kappa shape index (κ3) is 6.20. The minimum atomic E-state index is -3.97. The van der Waals surface area contributed by atoms with E-state index in [1.807, 2.05) is 30.0 Å². The van der Waals surface area contributed by atoms with Crippen LogP contribution in [-0.2, 0) is 21.2 Å². The van der Waals surface area contributed by atoms with Gasteiger partial charge in [-0.1, -0.05) is 34.8 Å². The summed E-state index contributed by atoms with van der Waals surface area (Å²) in [4.78, 5) is 18.0. The second-order valence-electron chi connectivity index (χ2n) is 9.50. The molecule has 4 rings (SSSR count). The number of piperazine rings is 1. The van der Waals surface area contributed by atoms with E-state index in [9.17, 15) is 13.2 Å². The molecule has 3 aromatic rings. The number of hydrogen-bond acceptors (Lipinski definition) is 7. The van der Waals surface area contributed by atoms with Gasteiger partial charge in [0.2, 0.25) is 0 Å². The van der Waals surface area contributed by atoms with Crippen molar-refractivity contribution >= 4 is 67.3 Å². The Balaban J connectivity index is 1.70. The number of ether oxygens (including phenoxy) is 2. The Morgan fingerprint density at radius 3 is 2.28 bits per heavy atom. The first-order chi connectivity index (χ1) is 18.4. The van der Waals surface area contributed by atoms with Crippen LogP contribution in [-0.4, -0.2) is 92.9 Å². The molecule has 0 unspecified atom stereocenters. The zero-order chi connectivity index (χ0) is 28.5. The summed E-state index contributed by atoms with van der Waals surface area (Å²) in [6.45, 7) is 2.20. The van der Waals surface area contributed by atoms with Crippen LogP contribution in [0, 0.1) is 0 Å². The number of aromatic nitrogens is 1. The van der Waals surface area contributed by atoms with Gasteiger partial charge in [-0.3, -0.25) is 4.79 Å². The molecular weight excluding hydrogens is 587 g/mol. The molecule has 2 aromatic carbocycles. The van der Waals surface area contributed by atoms with Crippen molar-refractivity contribution < 1.29 is 22.7 Å². The number of rotatable bonds is 8. The van der Waals surface area contributed by atoms with Crippen LogP contribution < -0.4 is 14.4 Å². The number of amides is 1. The lowest BCUT2D eigenvalue weighted by molar-refractivity contribution is -0.130. The van der Waals surface area contributed by atoms with E-state index in [2.05, 4.69) is 0 Å². The summed E-state index contributed by atoms with van der Waals surface area (Å²) >= 11 is 17.3. The molecule has 1 fully saturated rings. The first-order valence-corrected chi connectivity index (χ1v) is 14.8. The standard InChI is InChI=1S/C26H31Cl3N4O5S/c1-30(2)10-9-18-17-33(22-7-5-19(37-3)15-21(18)22)39(35,36)20-6-8-24(38-4)23(16-20)31-11-13-32(14-12-31)25(34)26(27,28)29/h5-8,15-17H,9-14H2,1-4H3. The summed E-state index contributed by atoms with van der Waals surface area (Å²) < 4.78 is 38.3. The molecule has 9 nitrogen and oxygen atoms in total. The molecule has 1 aromatic heterocycles. The molecule has 1 amide bonds. The largest absolute Gasteiger partial charge is 0.497 e. The topological polar surface area (TPSA) is 84.3 Å². The fourth-order valence-corrected chi connectivity index (χ4v) is 6.41. The Morgan fingerprint density at radius 2 is 1.69 bits per heavy atom. The van der Waals surface area contributed by atoms with Crippen molar-refractivity contribution in [2.24, 2.45) is 0 Å². The predicted molar refractivity (Wildman–Crippen MR) is 155 cm³/mol. The number of methoxy groups -OCH3 is 2. The van der Waals surface area contributed by atoms with Gasteiger partial charge in [-0.2, -0.15) is 0 Å². The van der Waals surface area contributed by atoms with E-state index in [1.165, 1.54) is 22.0 Å². The molecule has 1 aliphatic rings. The molecule has 0 radical (unpaired) electrons. The highest BCUT2D eigenvalue weighted by atomic mass is 35.6. The summed E-state index contributed by atoms with van der Waals surface area (Å²) in [5.41, 5.74) is 2.08. The van der Waals surface area contributed by atoms with Crippen molar-refractivity contribution in [3.63, 3.8) is 0 Å². The molecule has 13 heteroatoms. The first-order valence-electron chi connectivity index (χ1n) is 12.2. The van der Waals surface area contributed by atoms with Gasteiger partial charge in [0.05, 0.1) is 30.3 Å². The van der Waals surface area contributed by atoms with Crippen molar-refractivity contribution in [1.82, 2.24) is 13.8 Å². The van der Waals surface area contributed by atoms with Gasteiger partial charge in [-0.05, 0) is 62.5 Å². The van der Waals surface area contributed by atoms with Crippen molar-refractivity contribution in [2.45, 2.75) is 15.1 Å². The van der Waals surface area contributed by atoms with Crippen LogP contribution in [0.2, 0.25) is 0 Å². The molecule has 39 heavy (non-hydrogen) atoms. The second-order valence-corrected chi connectivity index (χ2v) is 13.6. The van der Waals surface area contributed by atoms with E-state index >= 15 is 0 Å². The van der Waals surface area contributed by atoms with E-state index in [1.54, 1.807) is 37.6 Å². The summed E-state index contributed by atoms with van der Waals surface area (Å²) in [7, 11) is 3.09. The molecule has 2 heterocycles. The average Bonchev–Trinajstić information content (AvgIpc) is 3.29. The summed E-state index contributed by atoms with van der Waals surface area (Å²) in [6, 6.07) is 10.2. The zero-order valence-electron chi connectivity index (χ0n) is 22.2. The van der Waals surface area contributed by atoms with Crippen molar-refractivity contribution in [3.8, 4) is 11.5 Å². The van der Waals surface area contributed by atoms with Crippen LogP contribution in [0.15, 0.2) is 47.5 Å². The van der Waals surface area contributed by atoms with Crippen molar-refractivity contribution in [1.29, 1.82) is 0 Å². The lowest BCUT2D eigenvalue weighted by Crippen LogP contribution is -2.51. The number of likely N-dealkylation sites (N-methyl/N-ethyl adjacent to an activating group) is 1. The number of alkyl halides is 3. The van der Waals surface area contributed by atoms with Crippen molar-refractivity contribution in [3.05, 3.63) is 48.2 Å². The molecule has 0 N–H and O–H groups in total. The SMILES string of the molecule is COc1ccc2c(c1)c(CCN(C)C)cn2S(=O)(=O)c1ccc(OC)c(N2CCN(C(=O)C(Cl)(Cl)Cl)CC2)c1. The van der Waals surface area contributed by atoms with Crippen molar-refractivity contribution in [2.75, 3.05) is 65.9 Å². The quantitative estimate of drug-likeness (QED) is 0.353. The van der Waals surface area contributed by atoms with E-state index in [-0.39, 0.29) is 4.90 Å². The molecule has 0 atom stereocenters. The van der Waals surface area contributed by atoms with Gasteiger partial charge >= 0.3 is 0 Å². The number of nitrogens with zero attached hydrogens (tertiary/aromatic N) is 4. The van der Waals surface area contributed by atoms with Crippen LogP contribution in [0.3, 0.4) is 0 Å². The molecular formula is C26H31Cl3N4O5S. The monoisotopic (exact) mass is 616 g/mol. The number of benzene rings is 2. The smallest absolute Gasteiger partial charge is 0.274 e. The number of carbonyl (C=O) groups is 1. The predicted octanol–water partition coefficient (Wildman–Crippen LogP) is 4.02. The van der Waals surface area contributed by atoms with Crippen LogP contribution in [0.5, 0.6) is 11.5 Å². The van der Waals surface area contributed by atoms with Gasteiger partial charge in [0, 0.05) is 44.3 Å². The summed E-state index contributed by atoms with van der Waals surface area (Å²) in [6.07, 6.45) is 2.36. The van der Waals surface area contributed by atoms with E-state index in [4.69, 9.17) is 44.3 Å². The van der Waals surface area contributed by atoms with E-state index < -0.39 is 19.7 Å². The maximum Gasteiger partial charge on any atom is 0.274 e. The number of hydrogen-bond donors (Lipinski definition) is 0. The van der Waals surface area contributed by atoms with Gasteiger partial charge in [0.25, 0.3) is 19.7 Å². The molecule has 212 valence electrons. The lowest BCUT2D eigenvalue weighted by atomic mass is 10.1. The third-order valence-corrected chi connectivity index (χ3v) is 8.90. The second kappa shape index (κ2) is 11.6. The van der Waals surface area contributed by atoms with Crippen LogP contribution >= 0.6 is 34.8 Å². The molecule has 0 bridgehead atoms. The number of fused-ring (bicyclic) bond motifs is 1. The Bertz CT molecular complexity index is 1460. The zero-order valence-corrected chi connectivity index (χ0v) is 25.2. The summed E-state index contributed by atoms with van der Waals surface area (Å²) in [5, 5.41) is 0.822. The highest BCUT2D eigenvalue weighted by molar-refractivity contribution is 7.90. The van der Waals surface area contributed by atoms with Gasteiger partial charge < -0.3 is 24.2 Å². The number of anilines is 1. The van der Waals surface area contributed by atoms with E-state index in [0.29, 0.717) is 55.3 Å². The normalized spacial score (nSPS) is 14.8. The minimum Gasteiger partial charge on any atom is -0.497 e. The third-order valence-electron chi connectivity index (χ3n) is 6.75. The molecule has 1 aliphatic heterocycles. The lowest BCUT2D eigenvalue weighted by Gasteiger charge is -2.37. The average molecular weight is 618 g/mol. The maximum atomic E-state index is 14.0. The minimum absolute atomic E-state index is 0.116. The van der Waals surface area contributed by atoms with Crippen LogP contribution in [0.25, 0.3) is 10.9 Å². The van der Waals surface area contributed by atoms with E-state index in [0.717, 1.165) is 17.5 Å². The number of halogens is 3. The Kier molecular flexibility index (Phi) is 8.82. The van der Waals surface area contributed by atoms with Gasteiger partial charge in [-0.15, -0.1) is 0 Å². The fraction of sp³-hybridized carbons (Fsp3) is 0.423. The van der Waals surface area contributed by atoms with Crippen LogP contribution in [0.1, 0.15) is 5.56 Å². The molecule has 0 saturated carbocycles. The number of carbonyl (C=O) groups excluding carboxylic acids is 1. The molecule has 1 saturated heterocycles. The van der Waals surface area contributed by atoms with Gasteiger partial charge in [-0.25, -0.2) is 12.4 Å². The maximum absolute atomic E-state index is 14.0. The summed E-state index contributed by atoms with van der Waals surface area (Å²) in [5.74, 6) is 0.586. The molecule has 0 spiro atoms. The Morgan fingerprint density at radius 1 is 1.00 bits per heavy atom. The van der Waals surface area contributed by atoms with Gasteiger partial charge in [0.1, 0.15) is 11.5 Å². The highest BCUT2D eigenvalue weighted by Crippen LogP contribution is 2.35. The first kappa shape index (κ1) is 29.6. The molecule has 0 aliphatic carbocycles. The Hall–Kier alpha value is -2.37. The Labute approximate surface area is 243 Å². The van der Waals surface area contributed by atoms with Gasteiger partial charge in [0.15, 0.2) is 0 Å². The van der Waals surface area contributed by atoms with Crippen LogP contribution in [0.4, 0.5) is 5.69 Å². The fourth-order valence-electron chi connectivity index (χ4n) is 4.63. The highest BCUT2D eigenvalue weighted by Gasteiger charge is 2.37.